The molecule has 1 N–H and O–H groups in total. The molecule has 9 heteroatoms. The van der Waals surface area contributed by atoms with Gasteiger partial charge in [0.25, 0.3) is 5.91 Å². The van der Waals surface area contributed by atoms with Crippen LogP contribution in [-0.4, -0.2) is 39.9 Å². The number of aromatic nitrogens is 2. The van der Waals surface area contributed by atoms with Crippen molar-refractivity contribution >= 4 is 27.7 Å². The highest BCUT2D eigenvalue weighted by Gasteiger charge is 2.47. The van der Waals surface area contributed by atoms with Gasteiger partial charge in [-0.05, 0) is 30.5 Å². The number of likely N-dealkylation sites (tertiary alicyclic amines) is 1. The summed E-state index contributed by atoms with van der Waals surface area (Å²) in [5, 5.41) is 7.04. The largest absolute Gasteiger partial charge is 0.410 e. The first-order valence-electron chi connectivity index (χ1n) is 8.80. The van der Waals surface area contributed by atoms with Gasteiger partial charge in [0, 0.05) is 24.0 Å². The molecule has 4 rings (SSSR count). The Morgan fingerprint density at radius 1 is 1.19 bits per heavy atom. The molecular weight excluding hydrogens is 425 g/mol. The summed E-state index contributed by atoms with van der Waals surface area (Å²) >= 11 is 3.34. The molecule has 2 atom stereocenters. The van der Waals surface area contributed by atoms with E-state index in [0.717, 1.165) is 27.6 Å². The number of nitrogens with zero attached hydrogens (tertiary/aromatic N) is 3. The highest BCUT2D eigenvalue weighted by molar-refractivity contribution is 9.10. The van der Waals surface area contributed by atoms with Crippen LogP contribution in [-0.2, 0) is 0 Å². The van der Waals surface area contributed by atoms with Crippen molar-refractivity contribution in [2.75, 3.05) is 18.4 Å². The molecule has 0 bridgehead atoms. The Bertz CT molecular complexity index is 843. The number of halogens is 4. The number of carbonyl (C=O) groups is 1. The van der Waals surface area contributed by atoms with E-state index in [0.29, 0.717) is 13.1 Å². The van der Waals surface area contributed by atoms with Crippen LogP contribution in [0.1, 0.15) is 47.3 Å². The molecular formula is C18H18BrF3N4O. The summed E-state index contributed by atoms with van der Waals surface area (Å²) in [5.41, 5.74) is 0.937. The standard InChI is InChI=1S/C18H18BrF3N4O/c19-12-5-3-11(4-6-12)14-9-15(18(20,21)22)26-16(24-14)13(10-23-26)17(27)25-7-1-2-8-25/h3-6,10,14-15,24H,1-2,7-9H2/t14-,15+/m0/s1. The van der Waals surface area contributed by atoms with Crippen LogP contribution >= 0.6 is 15.9 Å². The van der Waals surface area contributed by atoms with E-state index in [2.05, 4.69) is 26.3 Å². The molecule has 27 heavy (non-hydrogen) atoms. The van der Waals surface area contributed by atoms with E-state index >= 15 is 0 Å². The zero-order valence-corrected chi connectivity index (χ0v) is 15.9. The summed E-state index contributed by atoms with van der Waals surface area (Å²) in [6, 6.07) is 4.82. The minimum absolute atomic E-state index is 0.147. The molecule has 1 fully saturated rings. The van der Waals surface area contributed by atoms with E-state index in [1.807, 2.05) is 0 Å². The van der Waals surface area contributed by atoms with E-state index in [4.69, 9.17) is 0 Å². The number of benzene rings is 1. The number of carbonyl (C=O) groups excluding carboxylic acids is 1. The summed E-state index contributed by atoms with van der Waals surface area (Å²) in [4.78, 5) is 14.4. The Balaban J connectivity index is 1.72. The minimum Gasteiger partial charge on any atom is -0.363 e. The monoisotopic (exact) mass is 442 g/mol. The summed E-state index contributed by atoms with van der Waals surface area (Å²) < 4.78 is 42.8. The van der Waals surface area contributed by atoms with E-state index in [1.165, 1.54) is 6.20 Å². The van der Waals surface area contributed by atoms with E-state index in [1.54, 1.807) is 29.2 Å². The third-order valence-corrected chi connectivity index (χ3v) is 5.66. The zero-order chi connectivity index (χ0) is 19.2. The molecule has 1 amide bonds. The van der Waals surface area contributed by atoms with Crippen molar-refractivity contribution in [2.24, 2.45) is 0 Å². The Morgan fingerprint density at radius 3 is 2.48 bits per heavy atom. The summed E-state index contributed by atoms with van der Waals surface area (Å²) in [5.74, 6) is -0.118. The Labute approximate surface area is 162 Å². The summed E-state index contributed by atoms with van der Waals surface area (Å²) in [7, 11) is 0. The number of nitrogens with one attached hydrogen (secondary N) is 1. The van der Waals surface area contributed by atoms with Gasteiger partial charge in [-0.1, -0.05) is 28.1 Å². The molecule has 1 aromatic carbocycles. The first-order valence-corrected chi connectivity index (χ1v) is 9.59. The van der Waals surface area contributed by atoms with Crippen molar-refractivity contribution in [2.45, 2.75) is 37.5 Å². The lowest BCUT2D eigenvalue weighted by molar-refractivity contribution is -0.173. The van der Waals surface area contributed by atoms with Crippen LogP contribution in [0.25, 0.3) is 0 Å². The SMILES string of the molecule is O=C(c1cnn2c1N[C@H](c1ccc(Br)cc1)C[C@@H]2C(F)(F)F)N1CCCC1. The molecule has 0 saturated carbocycles. The van der Waals surface area contributed by atoms with Gasteiger partial charge in [-0.15, -0.1) is 0 Å². The lowest BCUT2D eigenvalue weighted by Crippen LogP contribution is -2.36. The van der Waals surface area contributed by atoms with Crippen molar-refractivity contribution in [3.05, 3.63) is 46.1 Å². The fourth-order valence-corrected chi connectivity index (χ4v) is 3.99. The van der Waals surface area contributed by atoms with Gasteiger partial charge in [0.1, 0.15) is 11.4 Å². The van der Waals surface area contributed by atoms with Crippen LogP contribution < -0.4 is 5.32 Å². The van der Waals surface area contributed by atoms with Gasteiger partial charge in [-0.2, -0.15) is 18.3 Å². The number of amides is 1. The van der Waals surface area contributed by atoms with Gasteiger partial charge in [0.2, 0.25) is 0 Å². The number of hydrogen-bond donors (Lipinski definition) is 1. The maximum absolute atomic E-state index is 13.7. The topological polar surface area (TPSA) is 50.2 Å². The molecule has 0 radical (unpaired) electrons. The molecule has 1 saturated heterocycles. The number of alkyl halides is 3. The fourth-order valence-electron chi connectivity index (χ4n) is 3.72. The molecule has 2 aliphatic rings. The fraction of sp³-hybridized carbons (Fsp3) is 0.444. The number of hydrogen-bond acceptors (Lipinski definition) is 3. The lowest BCUT2D eigenvalue weighted by Gasteiger charge is -2.34. The molecule has 5 nitrogen and oxygen atoms in total. The van der Waals surface area contributed by atoms with Crippen LogP contribution in [0.3, 0.4) is 0 Å². The number of rotatable bonds is 2. The van der Waals surface area contributed by atoms with Crippen LogP contribution in [0.15, 0.2) is 34.9 Å². The van der Waals surface area contributed by atoms with Crippen molar-refractivity contribution in [1.29, 1.82) is 0 Å². The van der Waals surface area contributed by atoms with Crippen molar-refractivity contribution < 1.29 is 18.0 Å². The number of fused-ring (bicyclic) bond motifs is 1. The molecule has 3 heterocycles. The van der Waals surface area contributed by atoms with Crippen molar-refractivity contribution in [3.63, 3.8) is 0 Å². The normalized spacial score (nSPS) is 22.4. The van der Waals surface area contributed by atoms with Gasteiger partial charge < -0.3 is 10.2 Å². The molecule has 1 aromatic heterocycles. The first kappa shape index (κ1) is 18.3. The quantitative estimate of drug-likeness (QED) is 0.742. The predicted octanol–water partition coefficient (Wildman–Crippen LogP) is 4.54. The molecule has 0 spiro atoms. The van der Waals surface area contributed by atoms with E-state index in [9.17, 15) is 18.0 Å². The zero-order valence-electron chi connectivity index (χ0n) is 14.3. The van der Waals surface area contributed by atoms with Crippen LogP contribution in [0, 0.1) is 0 Å². The second-order valence-electron chi connectivity index (χ2n) is 6.89. The smallest absolute Gasteiger partial charge is 0.363 e. The molecule has 2 aromatic rings. The minimum atomic E-state index is -4.45. The summed E-state index contributed by atoms with van der Waals surface area (Å²) in [6.45, 7) is 1.25. The maximum atomic E-state index is 13.7. The van der Waals surface area contributed by atoms with E-state index in [-0.39, 0.29) is 23.7 Å². The Morgan fingerprint density at radius 2 is 1.85 bits per heavy atom. The maximum Gasteiger partial charge on any atom is 0.410 e. The van der Waals surface area contributed by atoms with Gasteiger partial charge in [0.15, 0.2) is 6.04 Å². The first-order chi connectivity index (χ1) is 12.8. The van der Waals surface area contributed by atoms with Gasteiger partial charge in [0.05, 0.1) is 12.2 Å². The number of anilines is 1. The second kappa shape index (κ2) is 6.85. The van der Waals surface area contributed by atoms with Crippen LogP contribution in [0.4, 0.5) is 19.0 Å². The van der Waals surface area contributed by atoms with Gasteiger partial charge in [-0.3, -0.25) is 4.79 Å². The van der Waals surface area contributed by atoms with Crippen molar-refractivity contribution in [1.82, 2.24) is 14.7 Å². The average Bonchev–Trinajstić information content (AvgIpc) is 3.30. The molecule has 2 aliphatic heterocycles. The second-order valence-corrected chi connectivity index (χ2v) is 7.81. The van der Waals surface area contributed by atoms with Gasteiger partial charge >= 0.3 is 6.18 Å². The van der Waals surface area contributed by atoms with Crippen LogP contribution in [0.2, 0.25) is 0 Å². The molecule has 0 aliphatic carbocycles. The molecule has 0 unspecified atom stereocenters. The summed E-state index contributed by atoms with van der Waals surface area (Å²) in [6.07, 6.45) is -1.56. The highest BCUT2D eigenvalue weighted by atomic mass is 79.9. The van der Waals surface area contributed by atoms with Crippen molar-refractivity contribution in [3.8, 4) is 0 Å². The molecule has 144 valence electrons. The average molecular weight is 443 g/mol. The van der Waals surface area contributed by atoms with Crippen LogP contribution in [0.5, 0.6) is 0 Å². The highest BCUT2D eigenvalue weighted by Crippen LogP contribution is 2.44. The predicted molar refractivity (Wildman–Crippen MR) is 97.6 cm³/mol. The third-order valence-electron chi connectivity index (χ3n) is 5.13. The lowest BCUT2D eigenvalue weighted by atomic mass is 9.96. The third kappa shape index (κ3) is 3.44. The Hall–Kier alpha value is -2.03. The van der Waals surface area contributed by atoms with E-state index < -0.39 is 18.3 Å². The van der Waals surface area contributed by atoms with Gasteiger partial charge in [-0.25, -0.2) is 4.68 Å². The Kier molecular flexibility index (Phi) is 4.65.